The third-order valence-corrected chi connectivity index (χ3v) is 7.07. The molecule has 0 bridgehead atoms. The second-order valence-corrected chi connectivity index (χ2v) is 9.43. The van der Waals surface area contributed by atoms with E-state index in [1.165, 1.54) is 0 Å². The van der Waals surface area contributed by atoms with Gasteiger partial charge in [-0.15, -0.1) is 6.42 Å². The Hall–Kier alpha value is -3.36. The first kappa shape index (κ1) is 21.5. The van der Waals surface area contributed by atoms with E-state index in [2.05, 4.69) is 34.2 Å². The minimum absolute atomic E-state index is 0.0875. The van der Waals surface area contributed by atoms with Crippen LogP contribution in [0, 0.1) is 26.2 Å². The summed E-state index contributed by atoms with van der Waals surface area (Å²) in [7, 11) is 2.11. The monoisotopic (exact) mass is 439 g/mol. The summed E-state index contributed by atoms with van der Waals surface area (Å²) in [6, 6.07) is 14.3. The first-order chi connectivity index (χ1) is 15.9. The minimum atomic E-state index is -0.420. The molecule has 2 aliphatic rings. The Bertz CT molecular complexity index is 1290. The van der Waals surface area contributed by atoms with Crippen LogP contribution in [0.5, 0.6) is 5.75 Å². The van der Waals surface area contributed by atoms with Gasteiger partial charge < -0.3 is 10.1 Å². The van der Waals surface area contributed by atoms with Crippen LogP contribution in [0.1, 0.15) is 52.0 Å². The van der Waals surface area contributed by atoms with Gasteiger partial charge in [-0.3, -0.25) is 14.7 Å². The van der Waals surface area contributed by atoms with Crippen molar-refractivity contribution >= 4 is 16.8 Å². The van der Waals surface area contributed by atoms with Gasteiger partial charge in [0.25, 0.3) is 5.91 Å². The van der Waals surface area contributed by atoms with Gasteiger partial charge in [0.1, 0.15) is 12.4 Å². The van der Waals surface area contributed by atoms with Crippen molar-refractivity contribution in [3.63, 3.8) is 0 Å². The number of pyridine rings is 1. The van der Waals surface area contributed by atoms with E-state index in [9.17, 15) is 4.79 Å². The SMILES string of the molecule is C#Cc1cc(C2(NC(=O)c3cc(OCC4CCN4C)ccc3C)CC2)c2ccc(C)nc2c1. The first-order valence-electron chi connectivity index (χ1n) is 11.5. The van der Waals surface area contributed by atoms with Gasteiger partial charge in [-0.2, -0.15) is 0 Å². The van der Waals surface area contributed by atoms with E-state index in [-0.39, 0.29) is 5.91 Å². The number of hydrogen-bond donors (Lipinski definition) is 1. The number of carbonyl (C=O) groups is 1. The molecule has 0 spiro atoms. The van der Waals surface area contributed by atoms with Gasteiger partial charge in [0.2, 0.25) is 0 Å². The normalized spacial score (nSPS) is 18.9. The van der Waals surface area contributed by atoms with Crippen LogP contribution in [0.25, 0.3) is 10.9 Å². The van der Waals surface area contributed by atoms with Crippen LogP contribution in [0.4, 0.5) is 0 Å². The molecule has 33 heavy (non-hydrogen) atoms. The third-order valence-electron chi connectivity index (χ3n) is 7.07. The van der Waals surface area contributed by atoms with Gasteiger partial charge in [-0.1, -0.05) is 18.1 Å². The Morgan fingerprint density at radius 1 is 1.24 bits per heavy atom. The summed E-state index contributed by atoms with van der Waals surface area (Å²) >= 11 is 0. The molecule has 1 amide bonds. The quantitative estimate of drug-likeness (QED) is 0.581. The number of rotatable bonds is 6. The molecule has 1 saturated heterocycles. The average molecular weight is 440 g/mol. The van der Waals surface area contributed by atoms with Crippen molar-refractivity contribution in [2.24, 2.45) is 0 Å². The van der Waals surface area contributed by atoms with Gasteiger partial charge in [0.15, 0.2) is 0 Å². The van der Waals surface area contributed by atoms with E-state index >= 15 is 0 Å². The van der Waals surface area contributed by atoms with Crippen molar-refractivity contribution in [1.82, 2.24) is 15.2 Å². The topological polar surface area (TPSA) is 54.5 Å². The summed E-state index contributed by atoms with van der Waals surface area (Å²) in [6.07, 6.45) is 8.63. The number of terminal acetylenes is 1. The van der Waals surface area contributed by atoms with Crippen molar-refractivity contribution in [3.05, 3.63) is 70.4 Å². The zero-order chi connectivity index (χ0) is 23.2. The summed E-state index contributed by atoms with van der Waals surface area (Å²) in [4.78, 5) is 20.4. The van der Waals surface area contributed by atoms with Crippen LogP contribution in [0.3, 0.4) is 0 Å². The molecule has 1 atom stereocenters. The molecular weight excluding hydrogens is 410 g/mol. The Labute approximate surface area is 195 Å². The summed E-state index contributed by atoms with van der Waals surface area (Å²) in [5, 5.41) is 4.36. The molecule has 2 aromatic carbocycles. The number of amides is 1. The van der Waals surface area contributed by atoms with E-state index in [0.717, 1.165) is 64.8 Å². The lowest BCUT2D eigenvalue weighted by Gasteiger charge is -2.37. The molecule has 5 heteroatoms. The van der Waals surface area contributed by atoms with E-state index in [1.807, 2.05) is 50.2 Å². The molecule has 2 fully saturated rings. The Balaban J connectivity index is 1.41. The van der Waals surface area contributed by atoms with Gasteiger partial charge >= 0.3 is 0 Å². The number of fused-ring (bicyclic) bond motifs is 1. The van der Waals surface area contributed by atoms with E-state index in [4.69, 9.17) is 11.2 Å². The fraction of sp³-hybridized carbons (Fsp3) is 0.357. The average Bonchev–Trinajstić information content (AvgIpc) is 3.58. The number of aromatic nitrogens is 1. The maximum atomic E-state index is 13.4. The van der Waals surface area contributed by atoms with Crippen LogP contribution >= 0.6 is 0 Å². The highest BCUT2D eigenvalue weighted by Gasteiger charge is 2.47. The van der Waals surface area contributed by atoms with E-state index < -0.39 is 5.54 Å². The predicted molar refractivity (Wildman–Crippen MR) is 131 cm³/mol. The highest BCUT2D eigenvalue weighted by atomic mass is 16.5. The first-order valence-corrected chi connectivity index (χ1v) is 11.5. The Morgan fingerprint density at radius 2 is 2.06 bits per heavy atom. The minimum Gasteiger partial charge on any atom is -0.492 e. The van der Waals surface area contributed by atoms with Crippen molar-refractivity contribution in [2.45, 2.75) is 44.7 Å². The molecule has 2 heterocycles. The van der Waals surface area contributed by atoms with Crippen molar-refractivity contribution < 1.29 is 9.53 Å². The maximum Gasteiger partial charge on any atom is 0.252 e. The molecule has 1 saturated carbocycles. The van der Waals surface area contributed by atoms with Crippen molar-refractivity contribution in [1.29, 1.82) is 0 Å². The number of ether oxygens (including phenoxy) is 1. The molecule has 3 aromatic rings. The number of hydrogen-bond acceptors (Lipinski definition) is 4. The molecular formula is C28H29N3O2. The van der Waals surface area contributed by atoms with Gasteiger partial charge in [-0.05, 0) is 88.2 Å². The zero-order valence-electron chi connectivity index (χ0n) is 19.4. The summed E-state index contributed by atoms with van der Waals surface area (Å²) in [5.74, 6) is 3.39. The van der Waals surface area contributed by atoms with Crippen molar-refractivity contribution in [2.75, 3.05) is 20.2 Å². The third kappa shape index (κ3) is 4.07. The molecule has 1 aliphatic carbocycles. The molecule has 1 aromatic heterocycles. The fourth-order valence-electron chi connectivity index (χ4n) is 4.60. The highest BCUT2D eigenvalue weighted by molar-refractivity contribution is 5.97. The van der Waals surface area contributed by atoms with Crippen LogP contribution in [0.2, 0.25) is 0 Å². The molecule has 1 N–H and O–H groups in total. The smallest absolute Gasteiger partial charge is 0.252 e. The van der Waals surface area contributed by atoms with Crippen LogP contribution in [0.15, 0.2) is 42.5 Å². The van der Waals surface area contributed by atoms with E-state index in [1.54, 1.807) is 0 Å². The second kappa shape index (κ2) is 8.20. The number of carbonyl (C=O) groups excluding carboxylic acids is 1. The highest BCUT2D eigenvalue weighted by Crippen LogP contribution is 2.48. The summed E-state index contributed by atoms with van der Waals surface area (Å²) < 4.78 is 6.00. The molecule has 5 nitrogen and oxygen atoms in total. The Kier molecular flexibility index (Phi) is 5.34. The number of nitrogens with one attached hydrogen (secondary N) is 1. The summed E-state index contributed by atoms with van der Waals surface area (Å²) in [6.45, 7) is 5.68. The lowest BCUT2D eigenvalue weighted by molar-refractivity contribution is 0.0767. The van der Waals surface area contributed by atoms with Gasteiger partial charge in [0.05, 0.1) is 11.1 Å². The zero-order valence-corrected chi connectivity index (χ0v) is 19.4. The predicted octanol–water partition coefficient (Wildman–Crippen LogP) is 4.33. The van der Waals surface area contributed by atoms with Crippen LogP contribution in [-0.2, 0) is 5.54 Å². The Morgan fingerprint density at radius 3 is 2.73 bits per heavy atom. The molecule has 0 radical (unpaired) electrons. The van der Waals surface area contributed by atoms with Crippen LogP contribution in [-0.4, -0.2) is 42.0 Å². The molecule has 168 valence electrons. The lowest BCUT2D eigenvalue weighted by atomic mass is 9.95. The largest absolute Gasteiger partial charge is 0.492 e. The molecule has 1 aliphatic heterocycles. The number of likely N-dealkylation sites (tertiary alicyclic amines) is 1. The molecule has 1 unspecified atom stereocenters. The van der Waals surface area contributed by atoms with Gasteiger partial charge in [-0.25, -0.2) is 0 Å². The van der Waals surface area contributed by atoms with E-state index in [0.29, 0.717) is 18.2 Å². The number of likely N-dealkylation sites (N-methyl/N-ethyl adjacent to an activating group) is 1. The van der Waals surface area contributed by atoms with Crippen molar-refractivity contribution in [3.8, 4) is 18.1 Å². The number of nitrogens with zero attached hydrogens (tertiary/aromatic N) is 2. The van der Waals surface area contributed by atoms with Gasteiger partial charge in [0, 0.05) is 28.2 Å². The molecule has 5 rings (SSSR count). The lowest BCUT2D eigenvalue weighted by Crippen LogP contribution is -2.48. The van der Waals surface area contributed by atoms with Crippen LogP contribution < -0.4 is 10.1 Å². The standard InChI is InChI=1S/C28H29N3O2/c1-5-20-14-25(23-9-7-19(3)29-26(23)15-20)28(11-12-28)30-27(32)24-16-22(8-6-18(24)2)33-17-21-10-13-31(21)4/h1,6-9,14-16,21H,10-13,17H2,2-4H3,(H,30,32). The fourth-order valence-corrected chi connectivity index (χ4v) is 4.60. The second-order valence-electron chi connectivity index (χ2n) is 9.43. The summed E-state index contributed by atoms with van der Waals surface area (Å²) in [5.41, 5.74) is 4.79. The maximum absolute atomic E-state index is 13.4. The number of aryl methyl sites for hydroxylation is 2. The number of benzene rings is 2.